The van der Waals surface area contributed by atoms with Crippen LogP contribution in [0.15, 0.2) is 41.6 Å². The van der Waals surface area contributed by atoms with Gasteiger partial charge in [0.05, 0.1) is 11.8 Å². The first kappa shape index (κ1) is 13.2. The molecule has 0 spiro atoms. The fraction of sp³-hybridized carbons (Fsp3) is 0.333. The summed E-state index contributed by atoms with van der Waals surface area (Å²) in [5.41, 5.74) is 1.35. The van der Waals surface area contributed by atoms with Crippen molar-refractivity contribution in [2.24, 2.45) is 0 Å². The average Bonchev–Trinajstić information content (AvgIpc) is 3.13. The van der Waals surface area contributed by atoms with Crippen LogP contribution in [-0.4, -0.2) is 21.4 Å². The lowest BCUT2D eigenvalue weighted by Gasteiger charge is -2.09. The molecule has 1 aliphatic carbocycles. The molecule has 0 atom stereocenters. The summed E-state index contributed by atoms with van der Waals surface area (Å²) in [6, 6.07) is 8.06. The third kappa shape index (κ3) is 3.22. The summed E-state index contributed by atoms with van der Waals surface area (Å²) in [5, 5.41) is 10.0. The number of nitrogens with zero attached hydrogens (tertiary/aromatic N) is 1. The van der Waals surface area contributed by atoms with E-state index in [0.29, 0.717) is 5.56 Å². The molecular formula is C15H17N3OS. The minimum Gasteiger partial charge on any atom is -0.322 e. The zero-order valence-corrected chi connectivity index (χ0v) is 12.0. The van der Waals surface area contributed by atoms with Crippen LogP contribution in [-0.2, 0) is 0 Å². The van der Waals surface area contributed by atoms with Gasteiger partial charge in [0, 0.05) is 22.0 Å². The smallest absolute Gasteiger partial charge is 0.258 e. The summed E-state index contributed by atoms with van der Waals surface area (Å²) >= 11 is 1.95. The highest BCUT2D eigenvalue weighted by Crippen LogP contribution is 2.34. The van der Waals surface area contributed by atoms with E-state index in [0.717, 1.165) is 10.9 Å². The zero-order chi connectivity index (χ0) is 13.8. The molecule has 0 radical (unpaired) electrons. The molecule has 104 valence electrons. The molecule has 5 heteroatoms. The van der Waals surface area contributed by atoms with Crippen LogP contribution in [0.2, 0.25) is 0 Å². The van der Waals surface area contributed by atoms with Gasteiger partial charge in [-0.2, -0.15) is 5.10 Å². The molecule has 0 saturated heterocycles. The summed E-state index contributed by atoms with van der Waals surface area (Å²) in [6.07, 6.45) is 8.46. The van der Waals surface area contributed by atoms with Crippen LogP contribution < -0.4 is 5.32 Å². The van der Waals surface area contributed by atoms with Gasteiger partial charge in [0.15, 0.2) is 0 Å². The Morgan fingerprint density at radius 3 is 2.65 bits per heavy atom. The number of aromatic nitrogens is 2. The molecule has 2 N–H and O–H groups in total. The second-order valence-corrected chi connectivity index (χ2v) is 6.36. The van der Waals surface area contributed by atoms with Crippen LogP contribution in [0.3, 0.4) is 0 Å². The van der Waals surface area contributed by atoms with Crippen LogP contribution in [0.1, 0.15) is 36.0 Å². The van der Waals surface area contributed by atoms with E-state index >= 15 is 0 Å². The zero-order valence-electron chi connectivity index (χ0n) is 11.1. The second-order valence-electron chi connectivity index (χ2n) is 4.99. The number of hydrogen-bond acceptors (Lipinski definition) is 3. The molecule has 0 unspecified atom stereocenters. The normalized spacial score (nSPS) is 15.4. The number of nitrogens with one attached hydrogen (secondary N) is 2. The maximum atomic E-state index is 11.9. The van der Waals surface area contributed by atoms with Crippen molar-refractivity contribution in [1.82, 2.24) is 10.2 Å². The van der Waals surface area contributed by atoms with E-state index in [1.807, 2.05) is 23.9 Å². The number of aromatic amines is 1. The Hall–Kier alpha value is -1.75. The van der Waals surface area contributed by atoms with Crippen molar-refractivity contribution in [3.8, 4) is 0 Å². The lowest BCUT2D eigenvalue weighted by atomic mass is 10.3. The summed E-state index contributed by atoms with van der Waals surface area (Å²) < 4.78 is 0. The minimum absolute atomic E-state index is 0.144. The molecular weight excluding hydrogens is 270 g/mol. The summed E-state index contributed by atoms with van der Waals surface area (Å²) in [4.78, 5) is 13.1. The number of H-pyrrole nitrogens is 1. The maximum absolute atomic E-state index is 11.9. The Labute approximate surface area is 122 Å². The first-order valence-corrected chi connectivity index (χ1v) is 7.76. The lowest BCUT2D eigenvalue weighted by Crippen LogP contribution is -2.10. The first-order valence-electron chi connectivity index (χ1n) is 6.88. The molecule has 1 fully saturated rings. The van der Waals surface area contributed by atoms with Crippen molar-refractivity contribution >= 4 is 23.4 Å². The fourth-order valence-electron chi connectivity index (χ4n) is 2.39. The predicted molar refractivity (Wildman–Crippen MR) is 81.1 cm³/mol. The van der Waals surface area contributed by atoms with Gasteiger partial charge in [-0.05, 0) is 37.1 Å². The molecule has 3 rings (SSSR count). The molecule has 1 aliphatic rings. The number of carbonyl (C=O) groups is 1. The van der Waals surface area contributed by atoms with Gasteiger partial charge in [0.25, 0.3) is 5.91 Å². The first-order chi connectivity index (χ1) is 9.81. The quantitative estimate of drug-likeness (QED) is 0.901. The molecule has 1 aromatic carbocycles. The molecule has 0 bridgehead atoms. The Morgan fingerprint density at radius 1 is 1.25 bits per heavy atom. The highest BCUT2D eigenvalue weighted by Gasteiger charge is 2.16. The number of anilines is 1. The summed E-state index contributed by atoms with van der Waals surface area (Å²) in [7, 11) is 0. The minimum atomic E-state index is -0.144. The molecule has 2 aromatic rings. The van der Waals surface area contributed by atoms with Crippen LogP contribution in [0.4, 0.5) is 5.69 Å². The Morgan fingerprint density at radius 2 is 2.00 bits per heavy atom. The fourth-order valence-corrected chi connectivity index (χ4v) is 3.64. The third-order valence-electron chi connectivity index (χ3n) is 3.48. The molecule has 1 aromatic heterocycles. The highest BCUT2D eigenvalue weighted by atomic mass is 32.2. The van der Waals surface area contributed by atoms with Crippen LogP contribution >= 0.6 is 11.8 Å². The van der Waals surface area contributed by atoms with E-state index in [-0.39, 0.29) is 5.91 Å². The highest BCUT2D eigenvalue weighted by molar-refractivity contribution is 8.00. The van der Waals surface area contributed by atoms with E-state index < -0.39 is 0 Å². The number of hydrogen-bond donors (Lipinski definition) is 2. The van der Waals surface area contributed by atoms with Crippen LogP contribution in [0, 0.1) is 0 Å². The molecule has 1 saturated carbocycles. The van der Waals surface area contributed by atoms with Gasteiger partial charge in [0.1, 0.15) is 0 Å². The van der Waals surface area contributed by atoms with Gasteiger partial charge in [-0.1, -0.05) is 12.8 Å². The number of rotatable bonds is 4. The van der Waals surface area contributed by atoms with Crippen LogP contribution in [0.25, 0.3) is 0 Å². The predicted octanol–water partition coefficient (Wildman–Crippen LogP) is 3.70. The second kappa shape index (κ2) is 6.13. The van der Waals surface area contributed by atoms with Crippen molar-refractivity contribution in [2.45, 2.75) is 35.8 Å². The Bertz CT molecular complexity index is 559. The van der Waals surface area contributed by atoms with E-state index in [2.05, 4.69) is 27.6 Å². The van der Waals surface area contributed by atoms with Crippen molar-refractivity contribution in [1.29, 1.82) is 0 Å². The van der Waals surface area contributed by atoms with Crippen molar-refractivity contribution < 1.29 is 4.79 Å². The summed E-state index contributed by atoms with van der Waals surface area (Å²) in [6.45, 7) is 0. The maximum Gasteiger partial charge on any atom is 0.258 e. The average molecular weight is 287 g/mol. The monoisotopic (exact) mass is 287 g/mol. The number of carbonyl (C=O) groups excluding carboxylic acids is 1. The van der Waals surface area contributed by atoms with Gasteiger partial charge in [-0.25, -0.2) is 0 Å². The van der Waals surface area contributed by atoms with E-state index in [1.54, 1.807) is 6.20 Å². The van der Waals surface area contributed by atoms with Gasteiger partial charge in [-0.3, -0.25) is 9.89 Å². The lowest BCUT2D eigenvalue weighted by molar-refractivity contribution is 0.102. The van der Waals surface area contributed by atoms with Gasteiger partial charge < -0.3 is 5.32 Å². The standard InChI is InChI=1S/C15H17N3OS/c19-15(11-9-16-17-10-11)18-12-5-7-14(8-6-12)20-13-3-1-2-4-13/h5-10,13H,1-4H2,(H,16,17)(H,18,19). The molecule has 1 amide bonds. The summed E-state index contributed by atoms with van der Waals surface area (Å²) in [5.74, 6) is -0.144. The topological polar surface area (TPSA) is 57.8 Å². The SMILES string of the molecule is O=C(Nc1ccc(SC2CCCC2)cc1)c1cn[nH]c1. The van der Waals surface area contributed by atoms with E-state index in [1.165, 1.54) is 36.8 Å². The molecule has 4 nitrogen and oxygen atoms in total. The molecule has 1 heterocycles. The van der Waals surface area contributed by atoms with Gasteiger partial charge in [0.2, 0.25) is 0 Å². The van der Waals surface area contributed by atoms with E-state index in [9.17, 15) is 4.79 Å². The van der Waals surface area contributed by atoms with Crippen LogP contribution in [0.5, 0.6) is 0 Å². The Kier molecular flexibility index (Phi) is 4.06. The van der Waals surface area contributed by atoms with Crippen molar-refractivity contribution in [3.63, 3.8) is 0 Å². The number of thioether (sulfide) groups is 1. The van der Waals surface area contributed by atoms with Gasteiger partial charge >= 0.3 is 0 Å². The van der Waals surface area contributed by atoms with E-state index in [4.69, 9.17) is 0 Å². The van der Waals surface area contributed by atoms with Crippen molar-refractivity contribution in [3.05, 3.63) is 42.2 Å². The van der Waals surface area contributed by atoms with Crippen molar-refractivity contribution in [2.75, 3.05) is 5.32 Å². The molecule has 20 heavy (non-hydrogen) atoms. The largest absolute Gasteiger partial charge is 0.322 e. The number of amides is 1. The third-order valence-corrected chi connectivity index (χ3v) is 4.83. The number of benzene rings is 1. The molecule has 0 aliphatic heterocycles. The van der Waals surface area contributed by atoms with Gasteiger partial charge in [-0.15, -0.1) is 11.8 Å². The Balaban J connectivity index is 1.59.